The van der Waals surface area contributed by atoms with Crippen LogP contribution in [-0.2, 0) is 0 Å². The molecule has 0 aromatic carbocycles. The van der Waals surface area contributed by atoms with Crippen molar-refractivity contribution >= 4 is 0 Å². The lowest BCUT2D eigenvalue weighted by atomic mass is 9.89. The smallest absolute Gasteiger partial charge is 0.108 e. The summed E-state index contributed by atoms with van der Waals surface area (Å²) in [5, 5.41) is 18.1. The van der Waals surface area contributed by atoms with Crippen molar-refractivity contribution in [2.45, 2.75) is 18.9 Å². The van der Waals surface area contributed by atoms with Gasteiger partial charge < -0.3 is 4.90 Å². The van der Waals surface area contributed by atoms with Gasteiger partial charge in [0.2, 0.25) is 0 Å². The first-order chi connectivity index (χ1) is 9.24. The van der Waals surface area contributed by atoms with Crippen LogP contribution in [0.3, 0.4) is 0 Å². The van der Waals surface area contributed by atoms with Gasteiger partial charge in [0.15, 0.2) is 0 Å². The molecule has 3 atom stereocenters. The molecule has 2 aliphatic carbocycles. The lowest BCUT2D eigenvalue weighted by molar-refractivity contribution is 0.348. The lowest BCUT2D eigenvalue weighted by Gasteiger charge is -2.25. The Balaban J connectivity index is 2.06. The third-order valence-electron chi connectivity index (χ3n) is 3.84. The van der Waals surface area contributed by atoms with E-state index in [4.69, 9.17) is 10.5 Å². The van der Waals surface area contributed by atoms with Gasteiger partial charge in [0.1, 0.15) is 12.1 Å². The summed E-state index contributed by atoms with van der Waals surface area (Å²) < 4.78 is 0. The fourth-order valence-electron chi connectivity index (χ4n) is 2.82. The quantitative estimate of drug-likeness (QED) is 0.609. The minimum Gasteiger partial charge on any atom is -0.362 e. The van der Waals surface area contributed by atoms with Gasteiger partial charge in [0, 0.05) is 37.1 Å². The molecule has 0 aromatic rings. The first-order valence-electron chi connectivity index (χ1n) is 6.22. The molecule has 0 amide bonds. The Morgan fingerprint density at radius 1 is 1.37 bits per heavy atom. The van der Waals surface area contributed by atoms with E-state index < -0.39 is 0 Å². The van der Waals surface area contributed by atoms with E-state index in [1.54, 1.807) is 0 Å². The molecule has 0 fully saturated rings. The molecule has 3 aliphatic rings. The van der Waals surface area contributed by atoms with Gasteiger partial charge in [-0.25, -0.2) is 0 Å². The van der Waals surface area contributed by atoms with Gasteiger partial charge in [-0.05, 0) is 6.08 Å². The van der Waals surface area contributed by atoms with Crippen molar-refractivity contribution in [1.29, 1.82) is 10.5 Å². The maximum absolute atomic E-state index is 9.12. The summed E-state index contributed by atoms with van der Waals surface area (Å²) in [6, 6.07) is 4.48. The molecule has 0 N–H and O–H groups in total. The third kappa shape index (κ3) is 1.69. The van der Waals surface area contributed by atoms with E-state index in [1.807, 2.05) is 13.1 Å². The number of allylic oxidation sites excluding steroid dienone is 2. The average molecular weight is 245 g/mol. The molecule has 0 radical (unpaired) electrons. The molecule has 3 heteroatoms. The van der Waals surface area contributed by atoms with E-state index in [1.165, 1.54) is 0 Å². The SMILES string of the molecule is CN1C2=C(C#CCC(C#N)C2)C2C=C(C#N)C#CC21. The molecule has 3 nitrogen and oxygen atoms in total. The summed E-state index contributed by atoms with van der Waals surface area (Å²) in [6.07, 6.45) is 3.25. The fraction of sp³-hybridized carbons (Fsp3) is 0.375. The zero-order chi connectivity index (χ0) is 13.4. The van der Waals surface area contributed by atoms with Crippen LogP contribution in [0, 0.1) is 58.2 Å². The summed E-state index contributed by atoms with van der Waals surface area (Å²) in [5.74, 6) is 12.3. The van der Waals surface area contributed by atoms with Gasteiger partial charge in [0.05, 0.1) is 17.6 Å². The Kier molecular flexibility index (Phi) is 2.56. The van der Waals surface area contributed by atoms with Gasteiger partial charge in [-0.1, -0.05) is 23.7 Å². The van der Waals surface area contributed by atoms with Crippen molar-refractivity contribution in [2.24, 2.45) is 11.8 Å². The standard InChI is InChI=1S/C16H11N3/c1-19-15-6-5-12(10-18)7-14(15)13-4-2-3-11(9-17)8-16(13)19/h7,11,14-15H,3,8H2,1H3. The minimum atomic E-state index is -0.0463. The van der Waals surface area contributed by atoms with Crippen molar-refractivity contribution in [2.75, 3.05) is 7.05 Å². The molecule has 0 aromatic heterocycles. The van der Waals surface area contributed by atoms with E-state index in [0.29, 0.717) is 18.4 Å². The number of nitriles is 2. The fourth-order valence-corrected chi connectivity index (χ4v) is 2.82. The maximum atomic E-state index is 9.12. The number of hydrogen-bond donors (Lipinski definition) is 0. The topological polar surface area (TPSA) is 50.8 Å². The zero-order valence-corrected chi connectivity index (χ0v) is 10.6. The molecule has 0 spiro atoms. The molecule has 0 bridgehead atoms. The van der Waals surface area contributed by atoms with Gasteiger partial charge in [-0.3, -0.25) is 0 Å². The lowest BCUT2D eigenvalue weighted by Crippen LogP contribution is -2.30. The zero-order valence-electron chi connectivity index (χ0n) is 10.6. The normalized spacial score (nSPS) is 30.4. The van der Waals surface area contributed by atoms with Crippen molar-refractivity contribution in [1.82, 2.24) is 4.90 Å². The number of fused-ring (bicyclic) bond motifs is 2. The van der Waals surface area contributed by atoms with Gasteiger partial charge in [-0.2, -0.15) is 10.5 Å². The number of rotatable bonds is 0. The van der Waals surface area contributed by atoms with E-state index >= 15 is 0 Å². The molecule has 0 saturated heterocycles. The molecule has 1 heterocycles. The van der Waals surface area contributed by atoms with Crippen LogP contribution in [0.15, 0.2) is 22.9 Å². The highest BCUT2D eigenvalue weighted by atomic mass is 15.2. The second-order valence-corrected chi connectivity index (χ2v) is 4.94. The van der Waals surface area contributed by atoms with Crippen molar-refractivity contribution in [3.63, 3.8) is 0 Å². The van der Waals surface area contributed by atoms with Gasteiger partial charge >= 0.3 is 0 Å². The molecule has 19 heavy (non-hydrogen) atoms. The van der Waals surface area contributed by atoms with E-state index in [9.17, 15) is 0 Å². The third-order valence-corrected chi connectivity index (χ3v) is 3.84. The number of hydrogen-bond acceptors (Lipinski definition) is 3. The predicted octanol–water partition coefficient (Wildman–Crippen LogP) is 1.57. The Morgan fingerprint density at radius 3 is 2.95 bits per heavy atom. The Morgan fingerprint density at radius 2 is 2.21 bits per heavy atom. The van der Waals surface area contributed by atoms with Crippen LogP contribution >= 0.6 is 0 Å². The molecular formula is C16H11N3. The average Bonchev–Trinajstić information content (AvgIpc) is 2.62. The van der Waals surface area contributed by atoms with Crippen LogP contribution in [-0.4, -0.2) is 18.0 Å². The van der Waals surface area contributed by atoms with E-state index in [2.05, 4.69) is 40.7 Å². The van der Waals surface area contributed by atoms with E-state index in [0.717, 1.165) is 11.3 Å². The summed E-state index contributed by atoms with van der Waals surface area (Å²) in [4.78, 5) is 2.13. The van der Waals surface area contributed by atoms with Gasteiger partial charge in [0.25, 0.3) is 0 Å². The van der Waals surface area contributed by atoms with Crippen LogP contribution in [0.25, 0.3) is 0 Å². The predicted molar refractivity (Wildman–Crippen MR) is 69.7 cm³/mol. The molecule has 3 unspecified atom stereocenters. The summed E-state index contributed by atoms with van der Waals surface area (Å²) in [6.45, 7) is 0. The summed E-state index contributed by atoms with van der Waals surface area (Å²) >= 11 is 0. The molecular weight excluding hydrogens is 234 g/mol. The van der Waals surface area contributed by atoms with Crippen LogP contribution in [0.4, 0.5) is 0 Å². The van der Waals surface area contributed by atoms with Crippen molar-refractivity contribution < 1.29 is 0 Å². The first kappa shape index (κ1) is 11.5. The van der Waals surface area contributed by atoms with Crippen LogP contribution < -0.4 is 0 Å². The molecule has 3 rings (SSSR count). The minimum absolute atomic E-state index is 0.0463. The van der Waals surface area contributed by atoms with Crippen LogP contribution in [0.1, 0.15) is 12.8 Å². The Bertz CT molecular complexity index is 704. The number of nitrogens with zero attached hydrogens (tertiary/aromatic N) is 3. The first-order valence-corrected chi connectivity index (χ1v) is 6.22. The Hall–Kier alpha value is -2.62. The van der Waals surface area contributed by atoms with Crippen LogP contribution in [0.5, 0.6) is 0 Å². The van der Waals surface area contributed by atoms with Gasteiger partial charge in [-0.15, -0.1) is 0 Å². The second-order valence-electron chi connectivity index (χ2n) is 4.94. The van der Waals surface area contributed by atoms with Crippen LogP contribution in [0.2, 0.25) is 0 Å². The second kappa shape index (κ2) is 4.24. The van der Waals surface area contributed by atoms with Crippen molar-refractivity contribution in [3.05, 3.63) is 22.9 Å². The molecule has 0 saturated carbocycles. The maximum Gasteiger partial charge on any atom is 0.108 e. The summed E-state index contributed by atoms with van der Waals surface area (Å²) in [5.41, 5.74) is 2.69. The largest absolute Gasteiger partial charge is 0.362 e. The molecule has 90 valence electrons. The molecule has 1 aliphatic heterocycles. The Labute approximate surface area is 112 Å². The highest BCUT2D eigenvalue weighted by molar-refractivity contribution is 5.54. The van der Waals surface area contributed by atoms with Crippen molar-refractivity contribution in [3.8, 4) is 35.8 Å². The summed E-state index contributed by atoms with van der Waals surface area (Å²) in [7, 11) is 2.00. The highest BCUT2D eigenvalue weighted by Crippen LogP contribution is 2.39. The van der Waals surface area contributed by atoms with E-state index in [-0.39, 0.29) is 17.9 Å². The highest BCUT2D eigenvalue weighted by Gasteiger charge is 2.38. The monoisotopic (exact) mass is 245 g/mol.